The van der Waals surface area contributed by atoms with Gasteiger partial charge in [0.2, 0.25) is 5.91 Å². The molecule has 3 atom stereocenters. The van der Waals surface area contributed by atoms with Gasteiger partial charge in [-0.05, 0) is 37.3 Å². The number of carbonyl (C=O) groups excluding carboxylic acids is 1. The van der Waals surface area contributed by atoms with Crippen molar-refractivity contribution in [2.45, 2.75) is 50.2 Å². The first-order chi connectivity index (χ1) is 17.4. The van der Waals surface area contributed by atoms with E-state index in [1.807, 2.05) is 4.90 Å². The predicted molar refractivity (Wildman–Crippen MR) is 135 cm³/mol. The summed E-state index contributed by atoms with van der Waals surface area (Å²) in [7, 11) is 0. The molecule has 3 aliphatic rings. The Morgan fingerprint density at radius 3 is 2.72 bits per heavy atom. The Bertz CT molecular complexity index is 1090. The van der Waals surface area contributed by atoms with Crippen LogP contribution < -0.4 is 10.2 Å². The molecule has 0 unspecified atom stereocenters. The number of nitrogens with zero attached hydrogens (tertiary/aromatic N) is 4. The van der Waals surface area contributed by atoms with E-state index >= 15 is 0 Å². The lowest BCUT2D eigenvalue weighted by Gasteiger charge is -2.38. The molecular formula is C26H33ClFN5O3. The van der Waals surface area contributed by atoms with Crippen LogP contribution in [-0.4, -0.2) is 77.9 Å². The van der Waals surface area contributed by atoms with Crippen molar-refractivity contribution in [2.24, 2.45) is 0 Å². The van der Waals surface area contributed by atoms with Gasteiger partial charge in [-0.3, -0.25) is 4.79 Å². The number of hydrogen-bond donors (Lipinski definition) is 2. The lowest BCUT2D eigenvalue weighted by Crippen LogP contribution is -2.52. The van der Waals surface area contributed by atoms with Crippen LogP contribution >= 0.6 is 11.6 Å². The third kappa shape index (κ3) is 5.20. The van der Waals surface area contributed by atoms with Crippen molar-refractivity contribution in [1.82, 2.24) is 20.2 Å². The predicted octanol–water partition coefficient (Wildman–Crippen LogP) is 3.01. The highest BCUT2D eigenvalue weighted by Crippen LogP contribution is 2.42. The minimum absolute atomic E-state index is 0.0906. The molecular weight excluding hydrogens is 485 g/mol. The maximum absolute atomic E-state index is 14.9. The van der Waals surface area contributed by atoms with Crippen molar-refractivity contribution >= 4 is 23.3 Å². The Morgan fingerprint density at radius 2 is 2.00 bits per heavy atom. The number of amides is 1. The van der Waals surface area contributed by atoms with Crippen LogP contribution in [0.1, 0.15) is 60.9 Å². The zero-order valence-electron chi connectivity index (χ0n) is 20.5. The summed E-state index contributed by atoms with van der Waals surface area (Å²) in [6.45, 7) is 6.07. The summed E-state index contributed by atoms with van der Waals surface area (Å²) in [5.41, 5.74) is 2.08. The molecule has 1 aliphatic carbocycles. The van der Waals surface area contributed by atoms with Gasteiger partial charge in [-0.15, -0.1) is 0 Å². The van der Waals surface area contributed by atoms with Gasteiger partial charge in [0.25, 0.3) is 0 Å². The van der Waals surface area contributed by atoms with Gasteiger partial charge in [0, 0.05) is 68.1 Å². The number of aromatic nitrogens is 2. The molecule has 0 radical (unpaired) electrons. The van der Waals surface area contributed by atoms with Crippen molar-refractivity contribution in [2.75, 3.05) is 50.8 Å². The highest BCUT2D eigenvalue weighted by Gasteiger charge is 2.35. The summed E-state index contributed by atoms with van der Waals surface area (Å²) in [6, 6.07) is 4.78. The maximum Gasteiger partial charge on any atom is 0.231 e. The van der Waals surface area contributed by atoms with Crippen molar-refractivity contribution in [3.8, 4) is 0 Å². The number of anilines is 1. The van der Waals surface area contributed by atoms with Gasteiger partial charge >= 0.3 is 0 Å². The fourth-order valence-electron chi connectivity index (χ4n) is 5.61. The zero-order valence-corrected chi connectivity index (χ0v) is 21.3. The molecule has 0 spiro atoms. The van der Waals surface area contributed by atoms with Crippen LogP contribution in [0.25, 0.3) is 0 Å². The normalized spacial score (nSPS) is 23.6. The number of aliphatic hydroxyl groups excluding tert-OH is 1. The summed E-state index contributed by atoms with van der Waals surface area (Å²) in [4.78, 5) is 26.5. The Hall–Kier alpha value is -2.33. The quantitative estimate of drug-likeness (QED) is 0.608. The highest BCUT2D eigenvalue weighted by molar-refractivity contribution is 6.30. The lowest BCUT2D eigenvalue weighted by molar-refractivity contribution is -0.133. The molecule has 0 bridgehead atoms. The van der Waals surface area contributed by atoms with Crippen LogP contribution in [0.4, 0.5) is 10.2 Å². The van der Waals surface area contributed by atoms with Crippen molar-refractivity contribution in [3.05, 3.63) is 52.2 Å². The van der Waals surface area contributed by atoms with Gasteiger partial charge in [-0.1, -0.05) is 24.6 Å². The number of rotatable bonds is 6. The second-order valence-electron chi connectivity index (χ2n) is 9.97. The van der Waals surface area contributed by atoms with E-state index in [0.29, 0.717) is 68.6 Å². The Kier molecular flexibility index (Phi) is 7.71. The van der Waals surface area contributed by atoms with E-state index < -0.39 is 17.8 Å². The molecule has 1 aromatic heterocycles. The largest absolute Gasteiger partial charge is 0.387 e. The molecule has 194 valence electrons. The monoisotopic (exact) mass is 517 g/mol. The van der Waals surface area contributed by atoms with Crippen molar-refractivity contribution in [3.63, 3.8) is 0 Å². The standard InChI is InChI=1S/C26H33ClFN5O3/c1-16-12-22(34)24-23(16)25(31-15-30-24)32-6-8-33(9-7-32)26(35)20(14-29-18-4-10-36-11-5-18)19-3-2-17(27)13-21(19)28/h2-3,13,15-16,18,20,22,29,34H,4-12,14H2,1H3/t16-,20-,22+/m1/s1. The van der Waals surface area contributed by atoms with E-state index in [0.717, 1.165) is 24.2 Å². The number of nitrogens with one attached hydrogen (secondary N) is 1. The number of carbonyl (C=O) groups is 1. The highest BCUT2D eigenvalue weighted by atomic mass is 35.5. The summed E-state index contributed by atoms with van der Waals surface area (Å²) in [5.74, 6) is -0.170. The molecule has 5 rings (SSSR count). The molecule has 2 saturated heterocycles. The molecule has 36 heavy (non-hydrogen) atoms. The molecule has 2 fully saturated rings. The number of halogens is 2. The van der Waals surface area contributed by atoms with Gasteiger partial charge < -0.3 is 25.0 Å². The molecule has 1 aromatic carbocycles. The average molecular weight is 518 g/mol. The maximum atomic E-state index is 14.9. The fraction of sp³-hybridized carbons (Fsp3) is 0.577. The van der Waals surface area contributed by atoms with Crippen LogP contribution in [0, 0.1) is 5.82 Å². The number of fused-ring (bicyclic) bond motifs is 1. The summed E-state index contributed by atoms with van der Waals surface area (Å²) in [6.07, 6.45) is 3.35. The molecule has 8 nitrogen and oxygen atoms in total. The Morgan fingerprint density at radius 1 is 1.25 bits per heavy atom. The first-order valence-electron chi connectivity index (χ1n) is 12.7. The molecule has 0 saturated carbocycles. The third-order valence-electron chi connectivity index (χ3n) is 7.64. The summed E-state index contributed by atoms with van der Waals surface area (Å²) < 4.78 is 20.4. The van der Waals surface area contributed by atoms with E-state index in [1.165, 1.54) is 12.4 Å². The molecule has 3 heterocycles. The van der Waals surface area contributed by atoms with Crippen LogP contribution in [-0.2, 0) is 9.53 Å². The minimum atomic E-state index is -0.643. The molecule has 1 amide bonds. The third-order valence-corrected chi connectivity index (χ3v) is 7.87. The van der Waals surface area contributed by atoms with Crippen molar-refractivity contribution in [1.29, 1.82) is 0 Å². The van der Waals surface area contributed by atoms with Crippen LogP contribution in [0.3, 0.4) is 0 Å². The number of aliphatic hydroxyl groups is 1. The van der Waals surface area contributed by atoms with E-state index in [9.17, 15) is 14.3 Å². The number of benzene rings is 1. The second kappa shape index (κ2) is 11.0. The van der Waals surface area contributed by atoms with E-state index in [4.69, 9.17) is 16.3 Å². The number of piperazine rings is 1. The molecule has 2 N–H and O–H groups in total. The molecule has 2 aliphatic heterocycles. The fourth-order valence-corrected chi connectivity index (χ4v) is 5.77. The number of hydrogen-bond acceptors (Lipinski definition) is 7. The second-order valence-corrected chi connectivity index (χ2v) is 10.4. The van der Waals surface area contributed by atoms with Gasteiger partial charge in [0.1, 0.15) is 18.0 Å². The zero-order chi connectivity index (χ0) is 25.2. The first-order valence-corrected chi connectivity index (χ1v) is 13.1. The van der Waals surface area contributed by atoms with Gasteiger partial charge in [-0.25, -0.2) is 14.4 Å². The topological polar surface area (TPSA) is 90.8 Å². The molecule has 2 aromatic rings. The minimum Gasteiger partial charge on any atom is -0.387 e. The van der Waals surface area contributed by atoms with Crippen LogP contribution in [0.15, 0.2) is 24.5 Å². The summed E-state index contributed by atoms with van der Waals surface area (Å²) in [5, 5.41) is 14.1. The van der Waals surface area contributed by atoms with E-state index in [-0.39, 0.29) is 17.9 Å². The summed E-state index contributed by atoms with van der Waals surface area (Å²) >= 11 is 5.99. The van der Waals surface area contributed by atoms with Crippen LogP contribution in [0.2, 0.25) is 5.02 Å². The van der Waals surface area contributed by atoms with Crippen molar-refractivity contribution < 1.29 is 19.0 Å². The number of ether oxygens (including phenoxy) is 1. The molecule has 10 heteroatoms. The van der Waals surface area contributed by atoms with E-state index in [1.54, 1.807) is 12.1 Å². The lowest BCUT2D eigenvalue weighted by atomic mass is 9.95. The average Bonchev–Trinajstić information content (AvgIpc) is 3.19. The Balaban J connectivity index is 1.30. The SMILES string of the molecule is C[C@@H]1C[C@H](O)c2ncnc(N3CCN(C(=O)[C@H](CNC4CCOCC4)c4ccc(Cl)cc4F)CC3)c21. The van der Waals surface area contributed by atoms with Gasteiger partial charge in [0.15, 0.2) is 0 Å². The van der Waals surface area contributed by atoms with Crippen LogP contribution in [0.5, 0.6) is 0 Å². The van der Waals surface area contributed by atoms with E-state index in [2.05, 4.69) is 27.1 Å². The van der Waals surface area contributed by atoms with Gasteiger partial charge in [0.05, 0.1) is 17.7 Å². The van der Waals surface area contributed by atoms with Gasteiger partial charge in [-0.2, -0.15) is 0 Å². The first kappa shape index (κ1) is 25.3. The smallest absolute Gasteiger partial charge is 0.231 e. The Labute approximate surface area is 215 Å².